The van der Waals surface area contributed by atoms with E-state index in [4.69, 9.17) is 0 Å². The molecular formula is C25H50N2O4S. The largest absolute Gasteiger partial charge is 0.726 e. The molecule has 0 spiro atoms. The fraction of sp³-hybridized carbons (Fsp3) is 0.880. The molecule has 0 aromatic heterocycles. The minimum atomic E-state index is -4.42. The van der Waals surface area contributed by atoms with Crippen LogP contribution in [0, 0.1) is 0 Å². The zero-order chi connectivity index (χ0) is 24.0. The zero-order valence-electron chi connectivity index (χ0n) is 21.1. The van der Waals surface area contributed by atoms with Gasteiger partial charge in [-0.2, -0.15) is 0 Å². The number of unbranched alkanes of at least 4 members (excludes halogenated alkanes) is 12. The third-order valence-corrected chi connectivity index (χ3v) is 6.53. The van der Waals surface area contributed by atoms with Crippen molar-refractivity contribution in [1.29, 1.82) is 0 Å². The van der Waals surface area contributed by atoms with Gasteiger partial charge in [-0.25, -0.2) is 13.4 Å². The summed E-state index contributed by atoms with van der Waals surface area (Å²) in [5, 5.41) is 0. The summed E-state index contributed by atoms with van der Waals surface area (Å²) in [6, 6.07) is 0. The summed E-state index contributed by atoms with van der Waals surface area (Å²) in [6.07, 6.45) is 26.5. The van der Waals surface area contributed by atoms with Gasteiger partial charge in [0.25, 0.3) is 0 Å². The molecule has 1 aliphatic rings. The van der Waals surface area contributed by atoms with E-state index in [0.29, 0.717) is 0 Å². The fourth-order valence-electron chi connectivity index (χ4n) is 3.93. The molecule has 1 aliphatic heterocycles. The molecule has 1 rings (SSSR count). The average molecular weight is 475 g/mol. The van der Waals surface area contributed by atoms with E-state index in [0.717, 1.165) is 11.0 Å². The summed E-state index contributed by atoms with van der Waals surface area (Å²) in [6.45, 7) is 10.7. The van der Waals surface area contributed by atoms with Crippen molar-refractivity contribution in [3.8, 4) is 0 Å². The molecule has 0 aromatic carbocycles. The lowest BCUT2D eigenvalue weighted by molar-refractivity contribution is -0.827. The monoisotopic (exact) mass is 474 g/mol. The lowest BCUT2D eigenvalue weighted by Crippen LogP contribution is -2.45. The second-order valence-corrected chi connectivity index (χ2v) is 9.81. The van der Waals surface area contributed by atoms with Gasteiger partial charge in [-0.1, -0.05) is 70.4 Å². The van der Waals surface area contributed by atoms with Crippen LogP contribution in [0.25, 0.3) is 0 Å². The van der Waals surface area contributed by atoms with Crippen LogP contribution >= 0.6 is 0 Å². The number of allylic oxidation sites excluding steroid dienone is 2. The summed E-state index contributed by atoms with van der Waals surface area (Å²) in [4.78, 5) is 4.44. The van der Waals surface area contributed by atoms with Gasteiger partial charge in [-0.3, -0.25) is 8.67 Å². The van der Waals surface area contributed by atoms with Gasteiger partial charge in [0.05, 0.1) is 26.2 Å². The first-order valence-electron chi connectivity index (χ1n) is 13.0. The van der Waals surface area contributed by atoms with Crippen molar-refractivity contribution in [3.05, 3.63) is 12.2 Å². The first-order valence-corrected chi connectivity index (χ1v) is 14.3. The number of likely N-dealkylation sites (N-methyl/N-ethyl adjacent to an activating group) is 1. The Morgan fingerprint density at radius 3 is 1.81 bits per heavy atom. The number of hydrogen-bond donors (Lipinski definition) is 0. The highest BCUT2D eigenvalue weighted by Crippen LogP contribution is 2.14. The fourth-order valence-corrected chi connectivity index (χ4v) is 4.22. The van der Waals surface area contributed by atoms with Gasteiger partial charge < -0.3 is 4.55 Å². The van der Waals surface area contributed by atoms with Crippen LogP contribution in [0.2, 0.25) is 0 Å². The number of aliphatic imine (C=N–C) groups is 1. The van der Waals surface area contributed by atoms with Crippen molar-refractivity contribution in [2.24, 2.45) is 4.99 Å². The van der Waals surface area contributed by atoms with Crippen LogP contribution < -0.4 is 0 Å². The molecule has 0 radical (unpaired) electrons. The third-order valence-electron chi connectivity index (χ3n) is 6.01. The Kier molecular flexibility index (Phi) is 20.3. The molecule has 1 unspecified atom stereocenters. The Balaban J connectivity index is 0.00000118. The van der Waals surface area contributed by atoms with Gasteiger partial charge in [0.1, 0.15) is 6.54 Å². The van der Waals surface area contributed by atoms with Crippen molar-refractivity contribution in [2.45, 2.75) is 111 Å². The molecule has 7 heteroatoms. The highest BCUT2D eigenvalue weighted by atomic mass is 32.3. The maximum absolute atomic E-state index is 9.45. The number of hydrogen-bond acceptors (Lipinski definition) is 5. The lowest BCUT2D eigenvalue weighted by atomic mass is 10.1. The van der Waals surface area contributed by atoms with Crippen molar-refractivity contribution in [2.75, 3.05) is 32.8 Å². The first-order chi connectivity index (χ1) is 15.4. The molecule has 0 N–H and O–H groups in total. The maximum Gasteiger partial charge on any atom is 0.217 e. The third kappa shape index (κ3) is 19.9. The van der Waals surface area contributed by atoms with Gasteiger partial charge in [0.15, 0.2) is 6.34 Å². The smallest absolute Gasteiger partial charge is 0.217 e. The van der Waals surface area contributed by atoms with Gasteiger partial charge in [0, 0.05) is 0 Å². The number of rotatable bonds is 19. The highest BCUT2D eigenvalue weighted by molar-refractivity contribution is 7.80. The van der Waals surface area contributed by atoms with Crippen molar-refractivity contribution >= 4 is 16.7 Å². The lowest BCUT2D eigenvalue weighted by Gasteiger charge is -2.28. The second-order valence-electron chi connectivity index (χ2n) is 8.76. The van der Waals surface area contributed by atoms with Crippen LogP contribution in [0.15, 0.2) is 17.1 Å². The molecule has 32 heavy (non-hydrogen) atoms. The van der Waals surface area contributed by atoms with E-state index in [1.54, 1.807) is 0 Å². The topological polar surface area (TPSA) is 78.8 Å². The van der Waals surface area contributed by atoms with E-state index in [-0.39, 0.29) is 6.61 Å². The SMILES string of the molecule is CCCCCCCC/C=C\CCCCCCCC[N+]1(CC)C=NCC1.CCOS(=O)(=O)[O-]. The standard InChI is InChI=1S/C23H45N2.C2H6O4S/c1-3-5-6-7-8-9-10-11-12-13-14-15-16-17-18-19-21-25(4-2)22-20-24-23-25;1-2-6-7(3,4)5/h11-12,23H,3-10,13-22H2,1-2H3;2H2,1H3,(H,3,4,5)/q+1;/p-1/b12-11-;. The van der Waals surface area contributed by atoms with Crippen molar-refractivity contribution in [1.82, 2.24) is 0 Å². The molecule has 0 fully saturated rings. The first kappa shape index (κ1) is 31.2. The molecule has 1 heterocycles. The molecule has 0 bridgehead atoms. The van der Waals surface area contributed by atoms with E-state index in [9.17, 15) is 13.0 Å². The Bertz CT molecular complexity index is 578. The molecule has 0 amide bonds. The summed E-state index contributed by atoms with van der Waals surface area (Å²) >= 11 is 0. The summed E-state index contributed by atoms with van der Waals surface area (Å²) in [7, 11) is -4.42. The summed E-state index contributed by atoms with van der Waals surface area (Å²) < 4.78 is 33.1. The van der Waals surface area contributed by atoms with Crippen LogP contribution in [0.5, 0.6) is 0 Å². The molecular weight excluding hydrogens is 424 g/mol. The van der Waals surface area contributed by atoms with E-state index >= 15 is 0 Å². The average Bonchev–Trinajstić information content (AvgIpc) is 3.22. The number of quaternary nitrogens is 1. The number of nitrogens with zero attached hydrogens (tertiary/aromatic N) is 2. The quantitative estimate of drug-likeness (QED) is 0.0714. The summed E-state index contributed by atoms with van der Waals surface area (Å²) in [5.41, 5.74) is 0. The molecule has 0 aliphatic carbocycles. The van der Waals surface area contributed by atoms with Gasteiger partial charge in [0.2, 0.25) is 10.4 Å². The molecule has 190 valence electrons. The predicted octanol–water partition coefficient (Wildman–Crippen LogP) is 6.39. The van der Waals surface area contributed by atoms with Crippen molar-refractivity contribution in [3.63, 3.8) is 0 Å². The van der Waals surface area contributed by atoms with E-state index in [1.165, 1.54) is 116 Å². The highest BCUT2D eigenvalue weighted by Gasteiger charge is 2.26. The van der Waals surface area contributed by atoms with Crippen LogP contribution in [0.3, 0.4) is 0 Å². The maximum atomic E-state index is 9.45. The van der Waals surface area contributed by atoms with E-state index in [2.05, 4.69) is 41.5 Å². The van der Waals surface area contributed by atoms with Crippen LogP contribution in [0.4, 0.5) is 0 Å². The summed E-state index contributed by atoms with van der Waals surface area (Å²) in [5.74, 6) is 0. The predicted molar refractivity (Wildman–Crippen MR) is 135 cm³/mol. The van der Waals surface area contributed by atoms with E-state index in [1.807, 2.05) is 0 Å². The zero-order valence-corrected chi connectivity index (χ0v) is 21.9. The van der Waals surface area contributed by atoms with Gasteiger partial charge >= 0.3 is 0 Å². The molecule has 0 aromatic rings. The Labute approximate surface area is 199 Å². The normalized spacial score (nSPS) is 18.2. The Hall–Kier alpha value is -0.760. The van der Waals surface area contributed by atoms with Gasteiger partial charge in [-0.05, 0) is 52.4 Å². The minimum absolute atomic E-state index is 0.0914. The molecule has 0 saturated carbocycles. The van der Waals surface area contributed by atoms with E-state index < -0.39 is 10.4 Å². The Morgan fingerprint density at radius 2 is 1.41 bits per heavy atom. The Morgan fingerprint density at radius 1 is 0.875 bits per heavy atom. The molecule has 0 saturated heterocycles. The van der Waals surface area contributed by atoms with Gasteiger partial charge in [-0.15, -0.1) is 0 Å². The van der Waals surface area contributed by atoms with Crippen LogP contribution in [0.1, 0.15) is 111 Å². The minimum Gasteiger partial charge on any atom is -0.726 e. The molecule has 1 atom stereocenters. The van der Waals surface area contributed by atoms with Crippen LogP contribution in [-0.4, -0.2) is 56.6 Å². The second kappa shape index (κ2) is 20.8. The van der Waals surface area contributed by atoms with Crippen molar-refractivity contribution < 1.29 is 21.6 Å². The molecule has 6 nitrogen and oxygen atoms in total. The van der Waals surface area contributed by atoms with Crippen LogP contribution in [-0.2, 0) is 14.6 Å².